The first-order valence-electron chi connectivity index (χ1n) is 4.92. The molecular weight excluding hydrogens is 212 g/mol. The molecule has 1 atom stereocenters. The van der Waals surface area contributed by atoms with Gasteiger partial charge in [0.2, 0.25) is 0 Å². The number of hydrogen-bond donors (Lipinski definition) is 1. The number of aliphatic carboxylic acids is 1. The van der Waals surface area contributed by atoms with Gasteiger partial charge in [-0.15, -0.1) is 0 Å². The Balaban J connectivity index is 2.18. The molecule has 0 bridgehead atoms. The zero-order chi connectivity index (χ0) is 11.5. The number of rotatable bonds is 3. The number of carbonyl (C=O) groups is 1. The summed E-state index contributed by atoms with van der Waals surface area (Å²) in [5.74, 6) is -0.110. The Bertz CT molecular complexity index is 401. The minimum Gasteiger partial charge on any atom is -0.550 e. The van der Waals surface area contributed by atoms with E-state index in [2.05, 4.69) is 0 Å². The molecule has 1 N–H and O–H groups in total. The smallest absolute Gasteiger partial charge is 0.161 e. The number of carboxylic acid groups (broad SMARTS) is 1. The van der Waals surface area contributed by atoms with Crippen LogP contribution in [0, 0.1) is 0 Å². The summed E-state index contributed by atoms with van der Waals surface area (Å²) in [5.41, 5.74) is 0.602. The van der Waals surface area contributed by atoms with Crippen LogP contribution >= 0.6 is 0 Å². The molecule has 0 fully saturated rings. The van der Waals surface area contributed by atoms with Crippen LogP contribution in [0.5, 0.6) is 11.5 Å². The minimum atomic E-state index is -1.13. The molecular formula is C11H11O5-. The number of fused-ring (bicyclic) bond motifs is 1. The largest absolute Gasteiger partial charge is 0.550 e. The van der Waals surface area contributed by atoms with E-state index in [4.69, 9.17) is 14.6 Å². The molecule has 5 heteroatoms. The molecule has 0 radical (unpaired) electrons. The van der Waals surface area contributed by atoms with Crippen molar-refractivity contribution in [3.8, 4) is 11.5 Å². The van der Waals surface area contributed by atoms with E-state index in [1.165, 1.54) is 0 Å². The van der Waals surface area contributed by atoms with Gasteiger partial charge in [0.1, 0.15) is 6.61 Å². The monoisotopic (exact) mass is 223 g/mol. The summed E-state index contributed by atoms with van der Waals surface area (Å²) in [5, 5.41) is 19.3. The van der Waals surface area contributed by atoms with E-state index >= 15 is 0 Å². The molecule has 0 saturated heterocycles. The second kappa shape index (κ2) is 4.40. The number of benzene rings is 1. The molecule has 0 saturated carbocycles. The SMILES string of the molecule is O=C([O-])Cc1ccc2c(c1)OCC(CO)O2. The van der Waals surface area contributed by atoms with Gasteiger partial charge in [-0.1, -0.05) is 6.07 Å². The molecule has 1 aromatic carbocycles. The molecule has 0 aromatic heterocycles. The van der Waals surface area contributed by atoms with Gasteiger partial charge in [0.15, 0.2) is 17.6 Å². The Kier molecular flexibility index (Phi) is 2.96. The van der Waals surface area contributed by atoms with Crippen LogP contribution in [-0.2, 0) is 11.2 Å². The molecule has 1 aliphatic heterocycles. The summed E-state index contributed by atoms with van der Waals surface area (Å²) in [4.78, 5) is 10.4. The van der Waals surface area contributed by atoms with E-state index in [0.29, 0.717) is 17.1 Å². The van der Waals surface area contributed by atoms with Gasteiger partial charge in [-0.05, 0) is 17.7 Å². The Morgan fingerprint density at radius 1 is 1.50 bits per heavy atom. The van der Waals surface area contributed by atoms with E-state index in [0.717, 1.165) is 0 Å². The lowest BCUT2D eigenvalue weighted by molar-refractivity contribution is -0.304. The minimum absolute atomic E-state index is 0.111. The molecule has 1 aliphatic rings. The first kappa shape index (κ1) is 10.8. The van der Waals surface area contributed by atoms with E-state index in [1.54, 1.807) is 18.2 Å². The maximum absolute atomic E-state index is 10.4. The average molecular weight is 223 g/mol. The Morgan fingerprint density at radius 2 is 2.31 bits per heavy atom. The standard InChI is InChI=1S/C11H12O5/c12-5-8-6-15-10-3-7(4-11(13)14)1-2-9(10)16-8/h1-3,8,12H,4-6H2,(H,13,14)/p-1. The second-order valence-electron chi connectivity index (χ2n) is 3.56. The zero-order valence-electron chi connectivity index (χ0n) is 8.51. The van der Waals surface area contributed by atoms with Crippen molar-refractivity contribution in [2.75, 3.05) is 13.2 Å². The molecule has 86 valence electrons. The zero-order valence-corrected chi connectivity index (χ0v) is 8.51. The maximum atomic E-state index is 10.4. The van der Waals surface area contributed by atoms with Gasteiger partial charge in [-0.3, -0.25) is 0 Å². The highest BCUT2D eigenvalue weighted by Gasteiger charge is 2.20. The van der Waals surface area contributed by atoms with Crippen LogP contribution in [0.4, 0.5) is 0 Å². The number of carboxylic acids is 1. The first-order chi connectivity index (χ1) is 7.69. The van der Waals surface area contributed by atoms with E-state index in [9.17, 15) is 9.90 Å². The van der Waals surface area contributed by atoms with Gasteiger partial charge in [-0.25, -0.2) is 0 Å². The summed E-state index contributed by atoms with van der Waals surface area (Å²) in [7, 11) is 0. The topological polar surface area (TPSA) is 78.8 Å². The van der Waals surface area contributed by atoms with Gasteiger partial charge < -0.3 is 24.5 Å². The highest BCUT2D eigenvalue weighted by molar-refractivity contribution is 5.68. The molecule has 16 heavy (non-hydrogen) atoms. The number of ether oxygens (including phenoxy) is 2. The van der Waals surface area contributed by atoms with Crippen LogP contribution in [0.25, 0.3) is 0 Å². The highest BCUT2D eigenvalue weighted by Crippen LogP contribution is 2.32. The fourth-order valence-corrected chi connectivity index (χ4v) is 1.53. The Morgan fingerprint density at radius 3 is 3.00 bits per heavy atom. The molecule has 1 aromatic rings. The lowest BCUT2D eigenvalue weighted by atomic mass is 10.1. The normalized spacial score (nSPS) is 18.2. The van der Waals surface area contributed by atoms with Crippen molar-refractivity contribution < 1.29 is 24.5 Å². The molecule has 5 nitrogen and oxygen atoms in total. The molecule has 0 spiro atoms. The maximum Gasteiger partial charge on any atom is 0.161 e. The van der Waals surface area contributed by atoms with Crippen molar-refractivity contribution in [2.24, 2.45) is 0 Å². The average Bonchev–Trinajstić information content (AvgIpc) is 2.27. The summed E-state index contributed by atoms with van der Waals surface area (Å²) in [6.45, 7) is 0.151. The number of aliphatic hydroxyl groups is 1. The predicted molar refractivity (Wildman–Crippen MR) is 52.1 cm³/mol. The molecule has 1 heterocycles. The third kappa shape index (κ3) is 2.25. The van der Waals surface area contributed by atoms with Crippen molar-refractivity contribution in [3.63, 3.8) is 0 Å². The van der Waals surface area contributed by atoms with Gasteiger partial charge in [0.25, 0.3) is 0 Å². The van der Waals surface area contributed by atoms with Crippen LogP contribution in [0.1, 0.15) is 5.56 Å². The van der Waals surface area contributed by atoms with Crippen LogP contribution in [0.2, 0.25) is 0 Å². The Labute approximate surface area is 92.2 Å². The molecule has 0 amide bonds. The van der Waals surface area contributed by atoms with Gasteiger partial charge in [0, 0.05) is 12.4 Å². The van der Waals surface area contributed by atoms with E-state index in [1.807, 2.05) is 0 Å². The van der Waals surface area contributed by atoms with Crippen LogP contribution in [-0.4, -0.2) is 30.4 Å². The van der Waals surface area contributed by atoms with E-state index in [-0.39, 0.29) is 25.7 Å². The van der Waals surface area contributed by atoms with Crippen molar-refractivity contribution in [1.29, 1.82) is 0 Å². The van der Waals surface area contributed by atoms with Crippen molar-refractivity contribution >= 4 is 5.97 Å². The van der Waals surface area contributed by atoms with Gasteiger partial charge >= 0.3 is 0 Å². The summed E-state index contributed by atoms with van der Waals surface area (Å²) >= 11 is 0. The summed E-state index contributed by atoms with van der Waals surface area (Å²) < 4.78 is 10.8. The quantitative estimate of drug-likeness (QED) is 0.719. The lowest BCUT2D eigenvalue weighted by Gasteiger charge is -2.25. The van der Waals surface area contributed by atoms with E-state index < -0.39 is 5.97 Å². The Hall–Kier alpha value is -1.75. The summed E-state index contributed by atoms with van der Waals surface area (Å²) in [6, 6.07) is 4.88. The van der Waals surface area contributed by atoms with Crippen molar-refractivity contribution in [2.45, 2.75) is 12.5 Å². The lowest BCUT2D eigenvalue weighted by Crippen LogP contribution is -2.32. The van der Waals surface area contributed by atoms with Gasteiger partial charge in [-0.2, -0.15) is 0 Å². The van der Waals surface area contributed by atoms with Crippen molar-refractivity contribution in [1.82, 2.24) is 0 Å². The molecule has 1 unspecified atom stereocenters. The summed E-state index contributed by atoms with van der Waals surface area (Å²) in [6.07, 6.45) is -0.514. The van der Waals surface area contributed by atoms with Crippen LogP contribution in [0.3, 0.4) is 0 Å². The van der Waals surface area contributed by atoms with Crippen molar-refractivity contribution in [3.05, 3.63) is 23.8 Å². The van der Waals surface area contributed by atoms with Crippen LogP contribution < -0.4 is 14.6 Å². The van der Waals surface area contributed by atoms with Gasteiger partial charge in [0.05, 0.1) is 6.61 Å². The molecule has 0 aliphatic carbocycles. The third-order valence-corrected chi connectivity index (χ3v) is 2.28. The fraction of sp³-hybridized carbons (Fsp3) is 0.364. The number of hydrogen-bond acceptors (Lipinski definition) is 5. The van der Waals surface area contributed by atoms with Crippen LogP contribution in [0.15, 0.2) is 18.2 Å². The number of carbonyl (C=O) groups excluding carboxylic acids is 1. The first-order valence-corrected chi connectivity index (χ1v) is 4.92. The predicted octanol–water partition coefficient (Wildman–Crippen LogP) is -0.889. The molecule has 2 rings (SSSR count). The highest BCUT2D eigenvalue weighted by atomic mass is 16.6. The number of aliphatic hydroxyl groups excluding tert-OH is 1. The third-order valence-electron chi connectivity index (χ3n) is 2.28. The fourth-order valence-electron chi connectivity index (χ4n) is 1.53. The second-order valence-corrected chi connectivity index (χ2v) is 3.56.